The van der Waals surface area contributed by atoms with Gasteiger partial charge in [0.05, 0.1) is 6.10 Å². The summed E-state index contributed by atoms with van der Waals surface area (Å²) in [5, 5.41) is 16.2. The van der Waals surface area contributed by atoms with Crippen molar-refractivity contribution < 1.29 is 5.11 Å². The SMILES string of the molecule is CCNCCCCC(NCC)C(O)CN. The molecule has 0 amide bonds. The maximum Gasteiger partial charge on any atom is 0.0815 e. The maximum atomic E-state index is 9.65. The molecule has 0 fully saturated rings. The summed E-state index contributed by atoms with van der Waals surface area (Å²) >= 11 is 0. The Balaban J connectivity index is 3.56. The third-order valence-electron chi connectivity index (χ3n) is 2.54. The lowest BCUT2D eigenvalue weighted by molar-refractivity contribution is 0.129. The normalized spacial score (nSPS) is 15.2. The molecule has 0 aliphatic rings. The van der Waals surface area contributed by atoms with E-state index in [-0.39, 0.29) is 6.04 Å². The van der Waals surface area contributed by atoms with Crippen LogP contribution in [0, 0.1) is 0 Å². The van der Waals surface area contributed by atoms with Crippen LogP contribution in [-0.4, -0.2) is 43.4 Å². The summed E-state index contributed by atoms with van der Waals surface area (Å²) in [5.74, 6) is 0. The number of nitrogens with one attached hydrogen (secondary N) is 2. The van der Waals surface area contributed by atoms with E-state index in [4.69, 9.17) is 5.73 Å². The monoisotopic (exact) mass is 217 g/mol. The molecule has 2 unspecified atom stereocenters. The molecule has 0 bridgehead atoms. The van der Waals surface area contributed by atoms with Crippen molar-refractivity contribution in [3.8, 4) is 0 Å². The molecular weight excluding hydrogens is 190 g/mol. The molecule has 0 saturated heterocycles. The van der Waals surface area contributed by atoms with Crippen molar-refractivity contribution in [2.24, 2.45) is 5.73 Å². The van der Waals surface area contributed by atoms with E-state index in [1.165, 1.54) is 0 Å². The van der Waals surface area contributed by atoms with Crippen LogP contribution in [0.1, 0.15) is 33.1 Å². The van der Waals surface area contributed by atoms with Crippen LogP contribution in [0.25, 0.3) is 0 Å². The fourth-order valence-corrected chi connectivity index (χ4v) is 1.65. The molecule has 0 aliphatic carbocycles. The quantitative estimate of drug-likeness (QED) is 0.391. The molecule has 0 saturated carbocycles. The highest BCUT2D eigenvalue weighted by molar-refractivity contribution is 4.75. The van der Waals surface area contributed by atoms with Gasteiger partial charge in [0.2, 0.25) is 0 Å². The van der Waals surface area contributed by atoms with Crippen LogP contribution in [0.2, 0.25) is 0 Å². The van der Waals surface area contributed by atoms with Gasteiger partial charge in [0.1, 0.15) is 0 Å². The first-order chi connectivity index (χ1) is 7.26. The summed E-state index contributed by atoms with van der Waals surface area (Å²) in [6, 6.07) is 0.154. The van der Waals surface area contributed by atoms with Crippen LogP contribution in [0.3, 0.4) is 0 Å². The van der Waals surface area contributed by atoms with Gasteiger partial charge in [-0.1, -0.05) is 20.3 Å². The molecule has 4 heteroatoms. The molecule has 0 aromatic heterocycles. The van der Waals surface area contributed by atoms with E-state index in [0.717, 1.165) is 38.9 Å². The zero-order valence-corrected chi connectivity index (χ0v) is 10.1. The molecule has 0 rings (SSSR count). The third-order valence-corrected chi connectivity index (χ3v) is 2.54. The molecule has 2 atom stereocenters. The van der Waals surface area contributed by atoms with E-state index in [0.29, 0.717) is 6.54 Å². The number of likely N-dealkylation sites (N-methyl/N-ethyl adjacent to an activating group) is 1. The van der Waals surface area contributed by atoms with Gasteiger partial charge in [-0.05, 0) is 32.5 Å². The van der Waals surface area contributed by atoms with Gasteiger partial charge in [0.15, 0.2) is 0 Å². The summed E-state index contributed by atoms with van der Waals surface area (Å²) in [6.45, 7) is 7.48. The summed E-state index contributed by atoms with van der Waals surface area (Å²) in [4.78, 5) is 0. The van der Waals surface area contributed by atoms with Crippen LogP contribution >= 0.6 is 0 Å². The second-order valence-corrected chi connectivity index (χ2v) is 3.82. The second kappa shape index (κ2) is 10.4. The van der Waals surface area contributed by atoms with Gasteiger partial charge in [-0.3, -0.25) is 0 Å². The topological polar surface area (TPSA) is 70.3 Å². The van der Waals surface area contributed by atoms with Gasteiger partial charge < -0.3 is 21.5 Å². The Labute approximate surface area is 93.6 Å². The first-order valence-corrected chi connectivity index (χ1v) is 6.08. The van der Waals surface area contributed by atoms with E-state index < -0.39 is 6.10 Å². The molecule has 0 aromatic carbocycles. The van der Waals surface area contributed by atoms with E-state index in [1.807, 2.05) is 0 Å². The summed E-state index contributed by atoms with van der Waals surface area (Å²) in [7, 11) is 0. The summed E-state index contributed by atoms with van der Waals surface area (Å²) in [5.41, 5.74) is 5.45. The van der Waals surface area contributed by atoms with Crippen molar-refractivity contribution in [2.75, 3.05) is 26.2 Å². The molecular formula is C11H27N3O. The largest absolute Gasteiger partial charge is 0.390 e. The van der Waals surface area contributed by atoms with Gasteiger partial charge in [-0.15, -0.1) is 0 Å². The molecule has 4 nitrogen and oxygen atoms in total. The maximum absolute atomic E-state index is 9.65. The Morgan fingerprint density at radius 1 is 1.20 bits per heavy atom. The minimum absolute atomic E-state index is 0.154. The lowest BCUT2D eigenvalue weighted by Gasteiger charge is -2.22. The van der Waals surface area contributed by atoms with Crippen LogP contribution in [-0.2, 0) is 0 Å². The van der Waals surface area contributed by atoms with Gasteiger partial charge in [-0.2, -0.15) is 0 Å². The Bertz CT molecular complexity index is 133. The van der Waals surface area contributed by atoms with Gasteiger partial charge >= 0.3 is 0 Å². The number of nitrogens with two attached hydrogens (primary N) is 1. The minimum Gasteiger partial charge on any atom is -0.390 e. The molecule has 0 aromatic rings. The van der Waals surface area contributed by atoms with Crippen LogP contribution in [0.15, 0.2) is 0 Å². The molecule has 92 valence electrons. The number of rotatable bonds is 10. The van der Waals surface area contributed by atoms with E-state index >= 15 is 0 Å². The average molecular weight is 217 g/mol. The molecule has 15 heavy (non-hydrogen) atoms. The highest BCUT2D eigenvalue weighted by Crippen LogP contribution is 2.04. The van der Waals surface area contributed by atoms with E-state index in [9.17, 15) is 5.11 Å². The molecule has 0 spiro atoms. The van der Waals surface area contributed by atoms with Crippen molar-refractivity contribution in [1.82, 2.24) is 10.6 Å². The Hall–Kier alpha value is -0.160. The lowest BCUT2D eigenvalue weighted by atomic mass is 10.0. The third kappa shape index (κ3) is 7.73. The van der Waals surface area contributed by atoms with Crippen molar-refractivity contribution in [1.29, 1.82) is 0 Å². The Morgan fingerprint density at radius 2 is 1.93 bits per heavy atom. The summed E-state index contributed by atoms with van der Waals surface area (Å²) in [6.07, 6.45) is 2.87. The number of unbranched alkanes of at least 4 members (excludes halogenated alkanes) is 1. The Kier molecular flexibility index (Phi) is 10.3. The van der Waals surface area contributed by atoms with Gasteiger partial charge in [0.25, 0.3) is 0 Å². The smallest absolute Gasteiger partial charge is 0.0815 e. The molecule has 5 N–H and O–H groups in total. The number of aliphatic hydroxyl groups excluding tert-OH is 1. The highest BCUT2D eigenvalue weighted by Gasteiger charge is 2.15. The molecule has 0 radical (unpaired) electrons. The number of aliphatic hydroxyl groups is 1. The summed E-state index contributed by atoms with van der Waals surface area (Å²) < 4.78 is 0. The van der Waals surface area contributed by atoms with Crippen molar-refractivity contribution in [2.45, 2.75) is 45.3 Å². The molecule has 0 aliphatic heterocycles. The average Bonchev–Trinajstić information content (AvgIpc) is 2.26. The molecule has 0 heterocycles. The van der Waals surface area contributed by atoms with Crippen LogP contribution in [0.4, 0.5) is 0 Å². The number of hydrogen-bond donors (Lipinski definition) is 4. The van der Waals surface area contributed by atoms with Gasteiger partial charge in [0, 0.05) is 12.6 Å². The first kappa shape index (κ1) is 14.8. The predicted octanol–water partition coefficient (Wildman–Crippen LogP) is 0.0639. The van der Waals surface area contributed by atoms with E-state index in [1.54, 1.807) is 0 Å². The van der Waals surface area contributed by atoms with Crippen LogP contribution in [0.5, 0.6) is 0 Å². The fourth-order valence-electron chi connectivity index (χ4n) is 1.65. The fraction of sp³-hybridized carbons (Fsp3) is 1.00. The standard InChI is InChI=1S/C11H27N3O/c1-3-13-8-6-5-7-10(14-4-2)11(15)9-12/h10-11,13-15H,3-9,12H2,1-2H3. The van der Waals surface area contributed by atoms with Gasteiger partial charge in [-0.25, -0.2) is 0 Å². The van der Waals surface area contributed by atoms with Crippen LogP contribution < -0.4 is 16.4 Å². The Morgan fingerprint density at radius 3 is 2.47 bits per heavy atom. The second-order valence-electron chi connectivity index (χ2n) is 3.82. The van der Waals surface area contributed by atoms with Crippen molar-refractivity contribution >= 4 is 0 Å². The zero-order valence-electron chi connectivity index (χ0n) is 10.1. The van der Waals surface area contributed by atoms with E-state index in [2.05, 4.69) is 24.5 Å². The minimum atomic E-state index is -0.413. The lowest BCUT2D eigenvalue weighted by Crippen LogP contribution is -2.43. The highest BCUT2D eigenvalue weighted by atomic mass is 16.3. The number of hydrogen-bond acceptors (Lipinski definition) is 4. The van der Waals surface area contributed by atoms with Crippen molar-refractivity contribution in [3.63, 3.8) is 0 Å². The predicted molar refractivity (Wildman–Crippen MR) is 64.9 cm³/mol. The first-order valence-electron chi connectivity index (χ1n) is 6.08. The zero-order chi connectivity index (χ0) is 11.5. The van der Waals surface area contributed by atoms with Crippen molar-refractivity contribution in [3.05, 3.63) is 0 Å².